The minimum atomic E-state index is -1.67. The highest BCUT2D eigenvalue weighted by Crippen LogP contribution is 2.55. The number of carbonyl (C=O) groups is 2. The minimum absolute atomic E-state index is 0.000504. The van der Waals surface area contributed by atoms with Crippen molar-refractivity contribution in [1.82, 2.24) is 9.97 Å². The van der Waals surface area contributed by atoms with Gasteiger partial charge in [0.05, 0.1) is 11.3 Å². The Morgan fingerprint density at radius 3 is 2.31 bits per heavy atom. The second-order valence-electron chi connectivity index (χ2n) is 7.16. The van der Waals surface area contributed by atoms with Crippen LogP contribution in [0.15, 0.2) is 63.7 Å². The predicted octanol–water partition coefficient (Wildman–Crippen LogP) is 1.33. The van der Waals surface area contributed by atoms with Gasteiger partial charge in [-0.2, -0.15) is 0 Å². The molecular weight excluding hydrogens is 372 g/mol. The Morgan fingerprint density at radius 2 is 1.48 bits per heavy atom. The molecule has 3 heterocycles. The molecule has 3 aliphatic rings. The molecule has 3 aromatic rings. The summed E-state index contributed by atoms with van der Waals surface area (Å²) in [5, 5.41) is 5.84. The van der Waals surface area contributed by atoms with Gasteiger partial charge in [0, 0.05) is 28.0 Å². The zero-order valence-corrected chi connectivity index (χ0v) is 14.8. The Hall–Kier alpha value is -4.20. The average Bonchev–Trinajstić information content (AvgIpc) is 3.15. The van der Waals surface area contributed by atoms with E-state index in [9.17, 15) is 19.2 Å². The third-order valence-corrected chi connectivity index (χ3v) is 5.78. The van der Waals surface area contributed by atoms with Crippen molar-refractivity contribution in [2.75, 3.05) is 10.6 Å². The number of ketones is 1. The van der Waals surface area contributed by atoms with E-state index >= 15 is 0 Å². The lowest BCUT2D eigenvalue weighted by Gasteiger charge is -2.34. The Balaban J connectivity index is 1.83. The molecule has 1 amide bonds. The first-order valence-electron chi connectivity index (χ1n) is 8.97. The first kappa shape index (κ1) is 15.8. The van der Waals surface area contributed by atoms with Crippen molar-refractivity contribution < 1.29 is 9.59 Å². The molecule has 140 valence electrons. The topological polar surface area (TPSA) is 124 Å². The first-order valence-corrected chi connectivity index (χ1v) is 8.97. The fourth-order valence-electron chi connectivity index (χ4n) is 4.71. The summed E-state index contributed by atoms with van der Waals surface area (Å²) < 4.78 is 0. The van der Waals surface area contributed by atoms with Crippen LogP contribution in [0.5, 0.6) is 0 Å². The summed E-state index contributed by atoms with van der Waals surface area (Å²) in [6.07, 6.45) is 0. The van der Waals surface area contributed by atoms with Gasteiger partial charge in [-0.1, -0.05) is 42.5 Å². The number of hydrogen-bond donors (Lipinski definition) is 4. The molecule has 1 spiro atoms. The van der Waals surface area contributed by atoms with Crippen molar-refractivity contribution in [3.05, 3.63) is 97.2 Å². The van der Waals surface area contributed by atoms with E-state index in [2.05, 4.69) is 20.6 Å². The zero-order chi connectivity index (χ0) is 19.9. The molecule has 0 saturated carbocycles. The van der Waals surface area contributed by atoms with E-state index in [1.807, 2.05) is 0 Å². The van der Waals surface area contributed by atoms with E-state index in [0.29, 0.717) is 28.1 Å². The van der Waals surface area contributed by atoms with E-state index in [-0.39, 0.29) is 22.7 Å². The predicted molar refractivity (Wildman–Crippen MR) is 105 cm³/mol. The van der Waals surface area contributed by atoms with Crippen LogP contribution in [0.4, 0.5) is 11.5 Å². The summed E-state index contributed by atoms with van der Waals surface area (Å²) in [6.45, 7) is 0. The molecule has 1 atom stereocenters. The lowest BCUT2D eigenvalue weighted by atomic mass is 9.67. The molecule has 8 heteroatoms. The van der Waals surface area contributed by atoms with Crippen molar-refractivity contribution >= 4 is 28.9 Å². The van der Waals surface area contributed by atoms with Crippen LogP contribution >= 0.6 is 0 Å². The number of para-hydroxylation sites is 1. The second-order valence-corrected chi connectivity index (χ2v) is 7.16. The van der Waals surface area contributed by atoms with Crippen LogP contribution in [0.25, 0.3) is 5.70 Å². The molecular formula is C21H12N4O4. The number of amides is 1. The zero-order valence-electron chi connectivity index (χ0n) is 14.8. The van der Waals surface area contributed by atoms with E-state index in [4.69, 9.17) is 0 Å². The van der Waals surface area contributed by atoms with Crippen molar-refractivity contribution in [3.8, 4) is 0 Å². The maximum atomic E-state index is 13.5. The third-order valence-electron chi connectivity index (χ3n) is 5.78. The van der Waals surface area contributed by atoms with E-state index in [1.54, 1.807) is 48.5 Å². The van der Waals surface area contributed by atoms with Crippen LogP contribution in [0.2, 0.25) is 0 Å². The molecule has 6 rings (SSSR count). The van der Waals surface area contributed by atoms with Gasteiger partial charge in [-0.3, -0.25) is 24.4 Å². The van der Waals surface area contributed by atoms with Crippen LogP contribution in [0.3, 0.4) is 0 Å². The number of rotatable bonds is 0. The van der Waals surface area contributed by atoms with E-state index in [0.717, 1.165) is 0 Å². The van der Waals surface area contributed by atoms with Gasteiger partial charge in [-0.05, 0) is 6.07 Å². The lowest BCUT2D eigenvalue weighted by Crippen LogP contribution is -2.48. The van der Waals surface area contributed by atoms with Crippen molar-refractivity contribution in [2.45, 2.75) is 5.41 Å². The average molecular weight is 384 g/mol. The van der Waals surface area contributed by atoms with Gasteiger partial charge in [-0.25, -0.2) is 4.79 Å². The van der Waals surface area contributed by atoms with E-state index in [1.165, 1.54) is 0 Å². The number of aromatic amines is 2. The first-order chi connectivity index (χ1) is 14.0. The van der Waals surface area contributed by atoms with Gasteiger partial charge in [0.2, 0.25) is 5.91 Å². The summed E-state index contributed by atoms with van der Waals surface area (Å²) in [5.41, 5.74) is -0.407. The van der Waals surface area contributed by atoms with Crippen molar-refractivity contribution in [3.63, 3.8) is 0 Å². The molecule has 0 saturated heterocycles. The standard InChI is InChI=1S/C21H12N4O4/c26-16-10-6-2-1-5-9(10)15-13(16)21(11-7-3-4-8-12(11)22-19(21)28)14-17(23-15)24-20(29)25-18(14)27/h1-8H,(H,22,28)(H3,23,24,25,27,29). The summed E-state index contributed by atoms with van der Waals surface area (Å²) in [4.78, 5) is 56.6. The molecule has 1 aromatic heterocycles. The normalized spacial score (nSPS) is 20.7. The van der Waals surface area contributed by atoms with Gasteiger partial charge in [0.15, 0.2) is 5.78 Å². The number of aromatic nitrogens is 2. The Kier molecular flexibility index (Phi) is 2.72. The van der Waals surface area contributed by atoms with Crippen LogP contribution in [-0.2, 0) is 10.2 Å². The van der Waals surface area contributed by atoms with Crippen LogP contribution in [-0.4, -0.2) is 21.7 Å². The monoisotopic (exact) mass is 384 g/mol. The minimum Gasteiger partial charge on any atom is -0.340 e. The molecule has 1 aliphatic carbocycles. The summed E-state index contributed by atoms with van der Waals surface area (Å²) in [7, 11) is 0. The number of anilines is 2. The third kappa shape index (κ3) is 1.69. The highest BCUT2D eigenvalue weighted by atomic mass is 16.2. The van der Waals surface area contributed by atoms with Gasteiger partial charge in [0.25, 0.3) is 5.56 Å². The fraction of sp³-hybridized carbons (Fsp3) is 0.0476. The smallest absolute Gasteiger partial charge is 0.327 e. The maximum Gasteiger partial charge on any atom is 0.327 e. The van der Waals surface area contributed by atoms with E-state index < -0.39 is 22.6 Å². The molecule has 8 nitrogen and oxygen atoms in total. The summed E-state index contributed by atoms with van der Waals surface area (Å²) in [5.74, 6) is -0.729. The number of nitrogens with one attached hydrogen (secondary N) is 4. The largest absolute Gasteiger partial charge is 0.340 e. The number of Topliss-reactive ketones (excluding diaryl/α,β-unsaturated/α-hetero) is 1. The van der Waals surface area contributed by atoms with Crippen LogP contribution in [0.1, 0.15) is 27.0 Å². The Labute approximate surface area is 162 Å². The molecule has 0 fully saturated rings. The van der Waals surface area contributed by atoms with Crippen molar-refractivity contribution in [1.29, 1.82) is 0 Å². The molecule has 4 N–H and O–H groups in total. The highest BCUT2D eigenvalue weighted by Gasteiger charge is 2.60. The number of fused-ring (bicyclic) bond motifs is 7. The number of H-pyrrole nitrogens is 2. The highest BCUT2D eigenvalue weighted by molar-refractivity contribution is 6.30. The van der Waals surface area contributed by atoms with Gasteiger partial charge >= 0.3 is 5.69 Å². The van der Waals surface area contributed by atoms with Crippen LogP contribution in [0, 0.1) is 0 Å². The SMILES string of the molecule is O=C1C2=C(Nc3[nH]c(=O)[nH]c(=O)c3C23C(=O)Nc2ccccc23)c2ccccc21. The van der Waals surface area contributed by atoms with Gasteiger partial charge in [-0.15, -0.1) is 0 Å². The number of hydrogen-bond acceptors (Lipinski definition) is 5. The lowest BCUT2D eigenvalue weighted by molar-refractivity contribution is -0.118. The Bertz CT molecular complexity index is 1450. The summed E-state index contributed by atoms with van der Waals surface area (Å²) in [6, 6.07) is 13.9. The molecule has 2 aliphatic heterocycles. The Morgan fingerprint density at radius 1 is 0.759 bits per heavy atom. The number of benzene rings is 2. The van der Waals surface area contributed by atoms with Crippen molar-refractivity contribution in [2.24, 2.45) is 0 Å². The molecule has 29 heavy (non-hydrogen) atoms. The van der Waals surface area contributed by atoms with Gasteiger partial charge in [0.1, 0.15) is 11.2 Å². The van der Waals surface area contributed by atoms with Crippen LogP contribution < -0.4 is 21.9 Å². The maximum absolute atomic E-state index is 13.5. The molecule has 2 aromatic carbocycles. The van der Waals surface area contributed by atoms with Gasteiger partial charge < -0.3 is 10.6 Å². The molecule has 1 unspecified atom stereocenters. The second kappa shape index (κ2) is 4.99. The number of carbonyl (C=O) groups excluding carboxylic acids is 2. The fourth-order valence-corrected chi connectivity index (χ4v) is 4.71. The molecule has 0 bridgehead atoms. The molecule has 0 radical (unpaired) electrons. The quantitative estimate of drug-likeness (QED) is 0.466. The summed E-state index contributed by atoms with van der Waals surface area (Å²) >= 11 is 0.